The lowest BCUT2D eigenvalue weighted by Gasteiger charge is -2.26. The van der Waals surface area contributed by atoms with Gasteiger partial charge in [0.05, 0.1) is 0 Å². The van der Waals surface area contributed by atoms with Crippen LogP contribution in [0.1, 0.15) is 40.5 Å². The fraction of sp³-hybridized carbons (Fsp3) is 1.00. The molecule has 0 spiro atoms. The predicted octanol–water partition coefficient (Wildman–Crippen LogP) is 2.65. The van der Waals surface area contributed by atoms with Crippen LogP contribution in [0.5, 0.6) is 0 Å². The third-order valence-corrected chi connectivity index (χ3v) is 3.02. The third-order valence-electron chi connectivity index (χ3n) is 3.02. The summed E-state index contributed by atoms with van der Waals surface area (Å²) in [5.41, 5.74) is 5.73. The van der Waals surface area contributed by atoms with Crippen LogP contribution >= 0.6 is 0 Å². The third kappa shape index (κ3) is 3.24. The van der Waals surface area contributed by atoms with Gasteiger partial charge in [0.1, 0.15) is 0 Å². The number of hydrogen-bond acceptors (Lipinski definition) is 1. The second kappa shape index (κ2) is 5.59. The zero-order valence-corrected chi connectivity index (χ0v) is 8.43. The summed E-state index contributed by atoms with van der Waals surface area (Å²) >= 11 is 0. The number of rotatable bonds is 5. The fourth-order valence-corrected chi connectivity index (χ4v) is 1.63. The molecule has 0 saturated carbocycles. The van der Waals surface area contributed by atoms with Gasteiger partial charge in [-0.25, -0.2) is 0 Å². The van der Waals surface area contributed by atoms with E-state index >= 15 is 0 Å². The summed E-state index contributed by atoms with van der Waals surface area (Å²) in [4.78, 5) is 0. The Morgan fingerprint density at radius 2 is 1.36 bits per heavy atom. The molecule has 0 heterocycles. The largest absolute Gasteiger partial charge is 0.330 e. The number of nitrogens with two attached hydrogens (primary N) is 1. The van der Waals surface area contributed by atoms with E-state index < -0.39 is 0 Å². The molecule has 0 aromatic rings. The average Bonchev–Trinajstić information content (AvgIpc) is 2.05. The van der Waals surface area contributed by atoms with Gasteiger partial charge in [0.15, 0.2) is 0 Å². The zero-order valence-electron chi connectivity index (χ0n) is 8.43. The Kier molecular flexibility index (Phi) is 5.57. The summed E-state index contributed by atoms with van der Waals surface area (Å²) < 4.78 is 0. The van der Waals surface area contributed by atoms with Crippen LogP contribution in [-0.2, 0) is 0 Å². The first-order valence-electron chi connectivity index (χ1n) is 4.87. The quantitative estimate of drug-likeness (QED) is 0.652. The van der Waals surface area contributed by atoms with Gasteiger partial charge in [0.2, 0.25) is 0 Å². The molecule has 2 N–H and O–H groups in total. The van der Waals surface area contributed by atoms with Crippen LogP contribution in [0.4, 0.5) is 0 Å². The van der Waals surface area contributed by atoms with Crippen molar-refractivity contribution in [2.24, 2.45) is 23.5 Å². The maximum absolute atomic E-state index is 5.73. The molecule has 1 heteroatoms. The Bertz CT molecular complexity index is 80.9. The molecular formula is C10H23N. The first-order chi connectivity index (χ1) is 5.17. The van der Waals surface area contributed by atoms with E-state index in [1.54, 1.807) is 0 Å². The lowest BCUT2D eigenvalue weighted by molar-refractivity contribution is 0.251. The highest BCUT2D eigenvalue weighted by Crippen LogP contribution is 2.24. The monoisotopic (exact) mass is 157 g/mol. The summed E-state index contributed by atoms with van der Waals surface area (Å²) in [6.07, 6.45) is 2.51. The Labute approximate surface area is 71.4 Å². The SMILES string of the molecule is CCC(C)C(CN)C(C)CC. The molecule has 0 bridgehead atoms. The molecule has 1 nitrogen and oxygen atoms in total. The molecule has 0 rings (SSSR count). The fourth-order valence-electron chi connectivity index (χ4n) is 1.63. The van der Waals surface area contributed by atoms with Crippen LogP contribution in [0.25, 0.3) is 0 Å². The van der Waals surface area contributed by atoms with Crippen LogP contribution in [-0.4, -0.2) is 6.54 Å². The van der Waals surface area contributed by atoms with Crippen LogP contribution in [0, 0.1) is 17.8 Å². The summed E-state index contributed by atoms with van der Waals surface area (Å²) in [6.45, 7) is 9.96. The molecule has 0 aromatic heterocycles. The molecule has 68 valence electrons. The summed E-state index contributed by atoms with van der Waals surface area (Å²) in [5.74, 6) is 2.30. The van der Waals surface area contributed by atoms with Crippen LogP contribution < -0.4 is 5.73 Å². The van der Waals surface area contributed by atoms with Crippen molar-refractivity contribution in [1.29, 1.82) is 0 Å². The minimum absolute atomic E-state index is 0.727. The van der Waals surface area contributed by atoms with Crippen LogP contribution in [0.2, 0.25) is 0 Å². The Balaban J connectivity index is 3.92. The first-order valence-corrected chi connectivity index (χ1v) is 4.87. The lowest BCUT2D eigenvalue weighted by atomic mass is 9.81. The van der Waals surface area contributed by atoms with E-state index in [-0.39, 0.29) is 0 Å². The van der Waals surface area contributed by atoms with Gasteiger partial charge < -0.3 is 5.73 Å². The molecule has 0 aliphatic heterocycles. The molecular weight excluding hydrogens is 134 g/mol. The highest BCUT2D eigenvalue weighted by molar-refractivity contribution is 4.71. The molecule has 2 atom stereocenters. The summed E-state index contributed by atoms with van der Waals surface area (Å²) in [5, 5.41) is 0. The van der Waals surface area contributed by atoms with E-state index in [0.717, 1.165) is 24.3 Å². The molecule has 0 aliphatic rings. The van der Waals surface area contributed by atoms with Gasteiger partial charge in [0.25, 0.3) is 0 Å². The Morgan fingerprint density at radius 1 is 1.00 bits per heavy atom. The van der Waals surface area contributed by atoms with Crippen molar-refractivity contribution >= 4 is 0 Å². The van der Waals surface area contributed by atoms with E-state index in [0.29, 0.717) is 0 Å². The van der Waals surface area contributed by atoms with E-state index in [1.165, 1.54) is 12.8 Å². The Morgan fingerprint density at radius 3 is 1.55 bits per heavy atom. The van der Waals surface area contributed by atoms with Crippen LogP contribution in [0.3, 0.4) is 0 Å². The first kappa shape index (κ1) is 11.0. The van der Waals surface area contributed by atoms with Gasteiger partial charge >= 0.3 is 0 Å². The predicted molar refractivity (Wildman–Crippen MR) is 51.5 cm³/mol. The summed E-state index contributed by atoms with van der Waals surface area (Å²) in [6, 6.07) is 0. The van der Waals surface area contributed by atoms with Gasteiger partial charge in [-0.15, -0.1) is 0 Å². The van der Waals surface area contributed by atoms with Gasteiger partial charge in [-0.2, -0.15) is 0 Å². The van der Waals surface area contributed by atoms with Crippen LogP contribution in [0.15, 0.2) is 0 Å². The molecule has 2 unspecified atom stereocenters. The highest BCUT2D eigenvalue weighted by Gasteiger charge is 2.19. The molecule has 0 radical (unpaired) electrons. The maximum atomic E-state index is 5.73. The molecule has 0 saturated heterocycles. The molecule has 11 heavy (non-hydrogen) atoms. The summed E-state index contributed by atoms with van der Waals surface area (Å²) in [7, 11) is 0. The Hall–Kier alpha value is -0.0400. The molecule has 0 aliphatic carbocycles. The van der Waals surface area contributed by atoms with Crippen molar-refractivity contribution in [3.8, 4) is 0 Å². The van der Waals surface area contributed by atoms with E-state index in [4.69, 9.17) is 5.73 Å². The minimum Gasteiger partial charge on any atom is -0.330 e. The molecule has 0 aromatic carbocycles. The van der Waals surface area contributed by atoms with Crippen molar-refractivity contribution in [3.63, 3.8) is 0 Å². The van der Waals surface area contributed by atoms with E-state index in [2.05, 4.69) is 27.7 Å². The van der Waals surface area contributed by atoms with Crippen molar-refractivity contribution in [2.75, 3.05) is 6.54 Å². The van der Waals surface area contributed by atoms with E-state index in [9.17, 15) is 0 Å². The highest BCUT2D eigenvalue weighted by atomic mass is 14.6. The van der Waals surface area contributed by atoms with Gasteiger partial charge in [-0.1, -0.05) is 40.5 Å². The maximum Gasteiger partial charge on any atom is -0.00438 e. The average molecular weight is 157 g/mol. The second-order valence-corrected chi connectivity index (χ2v) is 3.67. The van der Waals surface area contributed by atoms with Gasteiger partial charge in [-0.3, -0.25) is 0 Å². The normalized spacial score (nSPS) is 19.4. The standard InChI is InChI=1S/C10H23N/c1-5-8(3)10(7-11)9(4)6-2/h8-10H,5-7,11H2,1-4H3. The topological polar surface area (TPSA) is 26.0 Å². The van der Waals surface area contributed by atoms with Crippen molar-refractivity contribution < 1.29 is 0 Å². The minimum atomic E-state index is 0.727. The lowest BCUT2D eigenvalue weighted by Crippen LogP contribution is -2.27. The van der Waals surface area contributed by atoms with E-state index in [1.807, 2.05) is 0 Å². The number of hydrogen-bond donors (Lipinski definition) is 1. The zero-order chi connectivity index (χ0) is 8.85. The van der Waals surface area contributed by atoms with Crippen molar-refractivity contribution in [2.45, 2.75) is 40.5 Å². The molecule has 0 amide bonds. The smallest absolute Gasteiger partial charge is 0.00438 e. The van der Waals surface area contributed by atoms with Gasteiger partial charge in [0, 0.05) is 0 Å². The van der Waals surface area contributed by atoms with Crippen molar-refractivity contribution in [1.82, 2.24) is 0 Å². The second-order valence-electron chi connectivity index (χ2n) is 3.67. The van der Waals surface area contributed by atoms with Gasteiger partial charge in [-0.05, 0) is 24.3 Å². The van der Waals surface area contributed by atoms with Crippen molar-refractivity contribution in [3.05, 3.63) is 0 Å². The molecule has 0 fully saturated rings.